The van der Waals surface area contributed by atoms with Crippen molar-refractivity contribution in [2.45, 2.75) is 46.5 Å². The first kappa shape index (κ1) is 30.3. The SMILES string of the molecule is C=C(C)COCCCc1cc(CCCOC(=O)C(=C)C)cc2cc(-c3ccc(OC(=O)C(=C)C)cc3)c(=O)oc12. The first-order valence-corrected chi connectivity index (χ1v) is 13.2. The quantitative estimate of drug-likeness (QED) is 0.0570. The fourth-order valence-electron chi connectivity index (χ4n) is 3.98. The van der Waals surface area contributed by atoms with Crippen molar-refractivity contribution in [2.24, 2.45) is 0 Å². The van der Waals surface area contributed by atoms with Crippen LogP contribution in [0.5, 0.6) is 5.75 Å². The van der Waals surface area contributed by atoms with E-state index in [1.54, 1.807) is 38.1 Å². The molecule has 0 N–H and O–H groups in total. The molecule has 2 aromatic carbocycles. The van der Waals surface area contributed by atoms with Gasteiger partial charge in [0.25, 0.3) is 0 Å². The van der Waals surface area contributed by atoms with Crippen LogP contribution >= 0.6 is 0 Å². The van der Waals surface area contributed by atoms with Crippen molar-refractivity contribution in [1.29, 1.82) is 0 Å². The summed E-state index contributed by atoms with van der Waals surface area (Å²) in [5.74, 6) is -0.564. The summed E-state index contributed by atoms with van der Waals surface area (Å²) < 4.78 is 22.0. The van der Waals surface area contributed by atoms with Gasteiger partial charge in [-0.05, 0) is 87.4 Å². The summed E-state index contributed by atoms with van der Waals surface area (Å²) in [6, 6.07) is 12.5. The zero-order valence-electron chi connectivity index (χ0n) is 23.5. The van der Waals surface area contributed by atoms with Gasteiger partial charge in [0.2, 0.25) is 0 Å². The van der Waals surface area contributed by atoms with Crippen LogP contribution in [0.2, 0.25) is 0 Å². The molecule has 3 rings (SSSR count). The molecule has 0 bridgehead atoms. The molecule has 3 aromatic rings. The fraction of sp³-hybridized carbons (Fsp3) is 0.303. The third-order valence-electron chi connectivity index (χ3n) is 5.97. The monoisotopic (exact) mass is 544 g/mol. The molecule has 0 atom stereocenters. The molecule has 0 amide bonds. The number of carbonyl (C=O) groups excluding carboxylic acids is 2. The number of hydrogen-bond donors (Lipinski definition) is 0. The second-order valence-electron chi connectivity index (χ2n) is 9.95. The average Bonchev–Trinajstić information content (AvgIpc) is 2.90. The number of carbonyl (C=O) groups is 2. The Balaban J connectivity index is 1.88. The van der Waals surface area contributed by atoms with Crippen LogP contribution in [0.1, 0.15) is 44.7 Å². The summed E-state index contributed by atoms with van der Waals surface area (Å²) in [7, 11) is 0. The summed E-state index contributed by atoms with van der Waals surface area (Å²) in [6.07, 6.45) is 2.73. The molecular weight excluding hydrogens is 508 g/mol. The van der Waals surface area contributed by atoms with Gasteiger partial charge in [-0.15, -0.1) is 0 Å². The molecule has 0 saturated heterocycles. The highest BCUT2D eigenvalue weighted by Crippen LogP contribution is 2.28. The second kappa shape index (κ2) is 14.2. The van der Waals surface area contributed by atoms with Gasteiger partial charge in [0.1, 0.15) is 11.3 Å². The largest absolute Gasteiger partial charge is 0.462 e. The van der Waals surface area contributed by atoms with E-state index in [0.29, 0.717) is 66.1 Å². The van der Waals surface area contributed by atoms with Crippen molar-refractivity contribution < 1.29 is 28.2 Å². The standard InChI is InChI=1S/C33H36O7/c1-21(2)20-37-15-8-10-26-17-24(9-7-16-38-31(34)22(3)4)18-27-19-29(33(36)40-30(26)27)25-11-13-28(14-12-25)39-32(35)23(5)6/h11-14,17-19H,1,3,5,7-10,15-16,20H2,2,4,6H3. The van der Waals surface area contributed by atoms with Crippen LogP contribution in [0.3, 0.4) is 0 Å². The Labute approximate surface area is 234 Å². The first-order valence-electron chi connectivity index (χ1n) is 13.2. The molecule has 0 fully saturated rings. The Morgan fingerprint density at radius 2 is 1.52 bits per heavy atom. The molecule has 7 nitrogen and oxygen atoms in total. The van der Waals surface area contributed by atoms with Gasteiger partial charge in [-0.2, -0.15) is 0 Å². The second-order valence-corrected chi connectivity index (χ2v) is 9.95. The van der Waals surface area contributed by atoms with Crippen molar-refractivity contribution >= 4 is 22.9 Å². The minimum atomic E-state index is -0.516. The Bertz CT molecular complexity index is 1480. The molecule has 0 radical (unpaired) electrons. The van der Waals surface area contributed by atoms with Crippen LogP contribution in [0.15, 0.2) is 88.1 Å². The molecule has 0 spiro atoms. The molecular formula is C33H36O7. The lowest BCUT2D eigenvalue weighted by molar-refractivity contribution is -0.139. The maximum atomic E-state index is 13.1. The summed E-state index contributed by atoms with van der Waals surface area (Å²) >= 11 is 0. The topological polar surface area (TPSA) is 92.0 Å². The Morgan fingerprint density at radius 1 is 0.850 bits per heavy atom. The van der Waals surface area contributed by atoms with E-state index in [1.807, 2.05) is 25.1 Å². The summed E-state index contributed by atoms with van der Waals surface area (Å²) in [6.45, 7) is 17.5. The van der Waals surface area contributed by atoms with E-state index in [-0.39, 0.29) is 6.61 Å². The van der Waals surface area contributed by atoms with Crippen molar-refractivity contribution in [3.8, 4) is 16.9 Å². The lowest BCUT2D eigenvalue weighted by Crippen LogP contribution is -2.08. The normalized spacial score (nSPS) is 10.8. The van der Waals surface area contributed by atoms with Gasteiger partial charge in [-0.3, -0.25) is 0 Å². The molecule has 0 aliphatic carbocycles. The smallest absolute Gasteiger partial charge is 0.344 e. The van der Waals surface area contributed by atoms with E-state index in [0.717, 1.165) is 28.5 Å². The lowest BCUT2D eigenvalue weighted by atomic mass is 9.98. The maximum Gasteiger partial charge on any atom is 0.344 e. The minimum Gasteiger partial charge on any atom is -0.462 e. The molecule has 0 aliphatic rings. The Morgan fingerprint density at radius 3 is 2.17 bits per heavy atom. The third kappa shape index (κ3) is 8.64. The number of ether oxygens (including phenoxy) is 3. The highest BCUT2D eigenvalue weighted by atomic mass is 16.5. The molecule has 40 heavy (non-hydrogen) atoms. The number of esters is 2. The maximum absolute atomic E-state index is 13.1. The Kier molecular flexibility index (Phi) is 10.8. The predicted octanol–water partition coefficient (Wildman–Crippen LogP) is 6.52. The van der Waals surface area contributed by atoms with Crippen LogP contribution < -0.4 is 10.4 Å². The molecule has 210 valence electrons. The van der Waals surface area contributed by atoms with Gasteiger partial charge in [0.05, 0.1) is 18.8 Å². The highest BCUT2D eigenvalue weighted by Gasteiger charge is 2.14. The van der Waals surface area contributed by atoms with Crippen molar-refractivity contribution in [2.75, 3.05) is 19.8 Å². The lowest BCUT2D eigenvalue weighted by Gasteiger charge is -2.12. The van der Waals surface area contributed by atoms with Crippen molar-refractivity contribution in [1.82, 2.24) is 0 Å². The van der Waals surface area contributed by atoms with Crippen LogP contribution in [-0.4, -0.2) is 31.8 Å². The summed E-state index contributed by atoms with van der Waals surface area (Å²) in [4.78, 5) is 36.5. The van der Waals surface area contributed by atoms with Gasteiger partial charge >= 0.3 is 17.6 Å². The third-order valence-corrected chi connectivity index (χ3v) is 5.97. The zero-order chi connectivity index (χ0) is 29.2. The molecule has 1 aromatic heterocycles. The van der Waals surface area contributed by atoms with Gasteiger partial charge in [-0.1, -0.05) is 43.5 Å². The number of hydrogen-bond acceptors (Lipinski definition) is 7. The van der Waals surface area contributed by atoms with Crippen molar-refractivity contribution in [3.63, 3.8) is 0 Å². The Hall–Kier alpha value is -4.23. The van der Waals surface area contributed by atoms with Crippen molar-refractivity contribution in [3.05, 3.63) is 100 Å². The van der Waals surface area contributed by atoms with Crippen LogP contribution in [0, 0.1) is 0 Å². The van der Waals surface area contributed by atoms with E-state index in [9.17, 15) is 14.4 Å². The van der Waals surface area contributed by atoms with E-state index < -0.39 is 17.6 Å². The van der Waals surface area contributed by atoms with Gasteiger partial charge in [0.15, 0.2) is 0 Å². The van der Waals surface area contributed by atoms with Gasteiger partial charge in [-0.25, -0.2) is 14.4 Å². The predicted molar refractivity (Wildman–Crippen MR) is 156 cm³/mol. The summed E-state index contributed by atoms with van der Waals surface area (Å²) in [5.41, 5.74) is 4.69. The van der Waals surface area contributed by atoms with Crippen LogP contribution in [0.25, 0.3) is 22.1 Å². The molecule has 0 unspecified atom stereocenters. The fourth-order valence-corrected chi connectivity index (χ4v) is 3.98. The molecule has 0 saturated carbocycles. The average molecular weight is 545 g/mol. The number of aryl methyl sites for hydroxylation is 2. The highest BCUT2D eigenvalue weighted by molar-refractivity contribution is 5.89. The van der Waals surface area contributed by atoms with E-state index in [1.165, 1.54) is 0 Å². The minimum absolute atomic E-state index is 0.283. The summed E-state index contributed by atoms with van der Waals surface area (Å²) in [5, 5.41) is 0.793. The zero-order valence-corrected chi connectivity index (χ0v) is 23.5. The first-order chi connectivity index (χ1) is 19.0. The van der Waals surface area contributed by atoms with Gasteiger partial charge < -0.3 is 18.6 Å². The number of fused-ring (bicyclic) bond motifs is 1. The molecule has 1 heterocycles. The van der Waals surface area contributed by atoms with E-state index in [2.05, 4.69) is 19.7 Å². The van der Waals surface area contributed by atoms with Crippen LogP contribution in [-0.2, 0) is 31.9 Å². The van der Waals surface area contributed by atoms with E-state index in [4.69, 9.17) is 18.6 Å². The molecule has 7 heteroatoms. The number of rotatable bonds is 14. The van der Waals surface area contributed by atoms with E-state index >= 15 is 0 Å². The molecule has 0 aliphatic heterocycles. The van der Waals surface area contributed by atoms with Gasteiger partial charge in [0, 0.05) is 23.1 Å². The van der Waals surface area contributed by atoms with Crippen LogP contribution in [0.4, 0.5) is 0 Å². The number of benzene rings is 2.